The lowest BCUT2D eigenvalue weighted by molar-refractivity contribution is -0.116. The van der Waals surface area contributed by atoms with Crippen molar-refractivity contribution < 1.29 is 14.3 Å². The van der Waals surface area contributed by atoms with Crippen LogP contribution in [0.3, 0.4) is 0 Å². The summed E-state index contributed by atoms with van der Waals surface area (Å²) in [6, 6.07) is 13.3. The number of fused-ring (bicyclic) bond motifs is 2. The summed E-state index contributed by atoms with van der Waals surface area (Å²) in [7, 11) is 0. The van der Waals surface area contributed by atoms with Crippen LogP contribution in [0.2, 0.25) is 0 Å². The van der Waals surface area contributed by atoms with E-state index in [0.29, 0.717) is 11.5 Å². The van der Waals surface area contributed by atoms with Gasteiger partial charge in [-0.2, -0.15) is 0 Å². The molecule has 2 heterocycles. The number of carbonyl (C=O) groups excluding carboxylic acids is 1. The Morgan fingerprint density at radius 2 is 1.90 bits per heavy atom. The second kappa shape index (κ2) is 4.16. The van der Waals surface area contributed by atoms with Gasteiger partial charge in [-0.25, -0.2) is 0 Å². The lowest BCUT2D eigenvalue weighted by Gasteiger charge is -2.30. The largest absolute Gasteiger partial charge is 0.454 e. The molecule has 5 nitrogen and oxygen atoms in total. The Labute approximate surface area is 115 Å². The van der Waals surface area contributed by atoms with Gasteiger partial charge in [-0.05, 0) is 24.3 Å². The number of hydrogen-bond donors (Lipinski definition) is 1. The van der Waals surface area contributed by atoms with Gasteiger partial charge in [-0.3, -0.25) is 9.69 Å². The van der Waals surface area contributed by atoms with Gasteiger partial charge >= 0.3 is 0 Å². The maximum absolute atomic E-state index is 12.2. The molecule has 0 saturated heterocycles. The zero-order valence-corrected chi connectivity index (χ0v) is 10.6. The molecule has 2 aliphatic rings. The molecule has 5 heteroatoms. The van der Waals surface area contributed by atoms with E-state index in [0.717, 1.165) is 17.1 Å². The van der Waals surface area contributed by atoms with Crippen LogP contribution >= 0.6 is 0 Å². The zero-order chi connectivity index (χ0) is 13.5. The van der Waals surface area contributed by atoms with E-state index in [4.69, 9.17) is 9.47 Å². The lowest BCUT2D eigenvalue weighted by atomic mass is 10.1. The molecule has 0 aliphatic carbocycles. The number of anilines is 3. The molecule has 4 rings (SSSR count). The maximum atomic E-state index is 12.2. The van der Waals surface area contributed by atoms with Crippen LogP contribution in [0, 0.1) is 0 Å². The molecule has 0 radical (unpaired) electrons. The van der Waals surface area contributed by atoms with Gasteiger partial charge in [-0.1, -0.05) is 12.1 Å². The predicted octanol–water partition coefficient (Wildman–Crippen LogP) is 2.51. The summed E-state index contributed by atoms with van der Waals surface area (Å²) in [5.41, 5.74) is 2.58. The number of carbonyl (C=O) groups is 1. The van der Waals surface area contributed by atoms with Crippen LogP contribution in [0.25, 0.3) is 0 Å². The second-order valence-corrected chi connectivity index (χ2v) is 4.64. The first kappa shape index (κ1) is 11.2. The van der Waals surface area contributed by atoms with Crippen LogP contribution in [0.5, 0.6) is 11.5 Å². The molecule has 1 amide bonds. The summed E-state index contributed by atoms with van der Waals surface area (Å²) >= 11 is 0. The van der Waals surface area contributed by atoms with Crippen LogP contribution in [0.1, 0.15) is 0 Å². The van der Waals surface area contributed by atoms with Crippen LogP contribution in [-0.2, 0) is 4.79 Å². The number of nitrogens with one attached hydrogen (secondary N) is 1. The molecule has 2 aromatic rings. The number of ether oxygens (including phenoxy) is 2. The van der Waals surface area contributed by atoms with E-state index >= 15 is 0 Å². The van der Waals surface area contributed by atoms with E-state index in [-0.39, 0.29) is 19.2 Å². The van der Waals surface area contributed by atoms with E-state index in [9.17, 15) is 4.79 Å². The highest BCUT2D eigenvalue weighted by Crippen LogP contribution is 2.40. The van der Waals surface area contributed by atoms with Crippen LogP contribution in [0.4, 0.5) is 17.1 Å². The van der Waals surface area contributed by atoms with Gasteiger partial charge in [0.05, 0.1) is 23.6 Å². The summed E-state index contributed by atoms with van der Waals surface area (Å²) < 4.78 is 10.7. The molecule has 0 unspecified atom stereocenters. The van der Waals surface area contributed by atoms with Crippen molar-refractivity contribution in [3.63, 3.8) is 0 Å². The average molecular weight is 268 g/mol. The Bertz CT molecular complexity index is 699. The highest BCUT2D eigenvalue weighted by molar-refractivity contribution is 6.08. The molecule has 0 bridgehead atoms. The number of nitrogens with zero attached hydrogens (tertiary/aromatic N) is 1. The first-order valence-corrected chi connectivity index (χ1v) is 6.38. The van der Waals surface area contributed by atoms with Crippen LogP contribution in [0.15, 0.2) is 42.5 Å². The van der Waals surface area contributed by atoms with E-state index in [1.54, 1.807) is 4.90 Å². The first-order chi connectivity index (χ1) is 9.83. The summed E-state index contributed by atoms with van der Waals surface area (Å²) in [6.45, 7) is 0.510. The fourth-order valence-corrected chi connectivity index (χ4v) is 2.51. The highest BCUT2D eigenvalue weighted by atomic mass is 16.7. The van der Waals surface area contributed by atoms with Crippen molar-refractivity contribution in [1.82, 2.24) is 0 Å². The average Bonchev–Trinajstić information content (AvgIpc) is 2.94. The molecule has 100 valence electrons. The van der Waals surface area contributed by atoms with Crippen molar-refractivity contribution in [1.29, 1.82) is 0 Å². The van der Waals surface area contributed by atoms with Crippen molar-refractivity contribution in [3.05, 3.63) is 42.5 Å². The zero-order valence-electron chi connectivity index (χ0n) is 10.6. The molecule has 0 saturated carbocycles. The van der Waals surface area contributed by atoms with Crippen molar-refractivity contribution in [2.75, 3.05) is 23.6 Å². The molecule has 0 fully saturated rings. The number of para-hydroxylation sites is 2. The summed E-state index contributed by atoms with van der Waals surface area (Å²) in [4.78, 5) is 14.0. The Morgan fingerprint density at radius 3 is 2.85 bits per heavy atom. The first-order valence-electron chi connectivity index (χ1n) is 6.38. The Morgan fingerprint density at radius 1 is 1.05 bits per heavy atom. The minimum atomic E-state index is 0.00238. The predicted molar refractivity (Wildman–Crippen MR) is 74.6 cm³/mol. The minimum Gasteiger partial charge on any atom is -0.454 e. The van der Waals surface area contributed by atoms with Crippen molar-refractivity contribution >= 4 is 23.0 Å². The Kier molecular flexibility index (Phi) is 2.32. The lowest BCUT2D eigenvalue weighted by Crippen LogP contribution is -2.36. The van der Waals surface area contributed by atoms with E-state index in [1.807, 2.05) is 42.5 Å². The third kappa shape index (κ3) is 1.60. The summed E-state index contributed by atoms with van der Waals surface area (Å²) in [6.07, 6.45) is 0. The van der Waals surface area contributed by atoms with Gasteiger partial charge in [0.15, 0.2) is 11.5 Å². The number of rotatable bonds is 1. The quantitative estimate of drug-likeness (QED) is 0.863. The van der Waals surface area contributed by atoms with Crippen molar-refractivity contribution in [2.45, 2.75) is 0 Å². The molecule has 2 aliphatic heterocycles. The summed E-state index contributed by atoms with van der Waals surface area (Å²) in [5.74, 6) is 1.39. The molecule has 0 atom stereocenters. The van der Waals surface area contributed by atoms with Crippen molar-refractivity contribution in [3.8, 4) is 11.5 Å². The molecule has 0 aromatic heterocycles. The van der Waals surface area contributed by atoms with Crippen LogP contribution in [-0.4, -0.2) is 19.2 Å². The monoisotopic (exact) mass is 268 g/mol. The van der Waals surface area contributed by atoms with Gasteiger partial charge in [0.2, 0.25) is 6.79 Å². The van der Waals surface area contributed by atoms with Gasteiger partial charge in [-0.15, -0.1) is 0 Å². The van der Waals surface area contributed by atoms with E-state index in [2.05, 4.69) is 5.32 Å². The highest BCUT2D eigenvalue weighted by Gasteiger charge is 2.26. The standard InChI is InChI=1S/C15H12N2O3/c18-15-8-16-11-3-1-2-4-12(11)17(15)10-5-6-13-14(7-10)20-9-19-13/h1-7,16H,8-9H2. The van der Waals surface area contributed by atoms with Gasteiger partial charge in [0.1, 0.15) is 0 Å². The number of benzene rings is 2. The van der Waals surface area contributed by atoms with E-state index < -0.39 is 0 Å². The molecular weight excluding hydrogens is 256 g/mol. The van der Waals surface area contributed by atoms with Gasteiger partial charge < -0.3 is 14.8 Å². The minimum absolute atomic E-state index is 0.00238. The molecule has 20 heavy (non-hydrogen) atoms. The molecule has 0 spiro atoms. The number of hydrogen-bond acceptors (Lipinski definition) is 4. The van der Waals surface area contributed by atoms with E-state index in [1.165, 1.54) is 0 Å². The fraction of sp³-hybridized carbons (Fsp3) is 0.133. The third-order valence-electron chi connectivity index (χ3n) is 3.44. The smallest absolute Gasteiger partial charge is 0.250 e. The Hall–Kier alpha value is -2.69. The molecule has 1 N–H and O–H groups in total. The van der Waals surface area contributed by atoms with Crippen molar-refractivity contribution in [2.24, 2.45) is 0 Å². The summed E-state index contributed by atoms with van der Waals surface area (Å²) in [5, 5.41) is 3.12. The van der Waals surface area contributed by atoms with Gasteiger partial charge in [0, 0.05) is 6.07 Å². The third-order valence-corrected chi connectivity index (χ3v) is 3.44. The molecule has 2 aromatic carbocycles. The topological polar surface area (TPSA) is 50.8 Å². The Balaban J connectivity index is 1.83. The van der Waals surface area contributed by atoms with Crippen LogP contribution < -0.4 is 19.7 Å². The SMILES string of the molecule is O=C1CNc2ccccc2N1c1ccc2c(c1)OCO2. The molecular formula is C15H12N2O3. The number of amides is 1. The second-order valence-electron chi connectivity index (χ2n) is 4.64. The fourth-order valence-electron chi connectivity index (χ4n) is 2.51. The normalized spacial score (nSPS) is 15.8. The van der Waals surface area contributed by atoms with Gasteiger partial charge in [0.25, 0.3) is 5.91 Å². The maximum Gasteiger partial charge on any atom is 0.250 e.